The summed E-state index contributed by atoms with van der Waals surface area (Å²) in [4.78, 5) is 3.23. The van der Waals surface area contributed by atoms with Crippen LogP contribution in [0.5, 0.6) is 0 Å². The van der Waals surface area contributed by atoms with Gasteiger partial charge in [0.2, 0.25) is 0 Å². The van der Waals surface area contributed by atoms with Crippen molar-refractivity contribution in [2.45, 2.75) is 6.54 Å². The number of imidazole rings is 1. The number of H-pyrrole nitrogens is 1. The number of aromatic nitrogens is 2. The summed E-state index contributed by atoms with van der Waals surface area (Å²) in [5.41, 5.74) is 3.90. The molecule has 0 atom stereocenters. The Bertz CT molecular complexity index is 836. The highest BCUT2D eigenvalue weighted by Gasteiger charge is 2.03. The van der Waals surface area contributed by atoms with E-state index >= 15 is 0 Å². The standard InChI is InChI=1S/C17H13N3S/c18-10-13-6-8-14(9-7-13)11-20-12-16(19-17(20)21)15-4-2-1-3-5-15/h1-9,12H,11H2,(H,19,21). The normalized spacial score (nSPS) is 10.2. The molecule has 0 aliphatic rings. The summed E-state index contributed by atoms with van der Waals surface area (Å²) in [6.07, 6.45) is 2.02. The van der Waals surface area contributed by atoms with Gasteiger partial charge in [0.1, 0.15) is 0 Å². The smallest absolute Gasteiger partial charge is 0.177 e. The van der Waals surface area contributed by atoms with Crippen LogP contribution >= 0.6 is 12.2 Å². The summed E-state index contributed by atoms with van der Waals surface area (Å²) in [6, 6.07) is 19.8. The van der Waals surface area contributed by atoms with Gasteiger partial charge in [-0.1, -0.05) is 42.5 Å². The Morgan fingerprint density at radius 1 is 1.05 bits per heavy atom. The van der Waals surface area contributed by atoms with Gasteiger partial charge in [-0.05, 0) is 35.5 Å². The molecule has 102 valence electrons. The van der Waals surface area contributed by atoms with Crippen LogP contribution in [0, 0.1) is 16.1 Å². The van der Waals surface area contributed by atoms with E-state index in [0.29, 0.717) is 16.9 Å². The van der Waals surface area contributed by atoms with E-state index < -0.39 is 0 Å². The van der Waals surface area contributed by atoms with Crippen LogP contribution in [0.25, 0.3) is 11.3 Å². The van der Waals surface area contributed by atoms with Gasteiger partial charge >= 0.3 is 0 Å². The maximum Gasteiger partial charge on any atom is 0.177 e. The van der Waals surface area contributed by atoms with Crippen molar-refractivity contribution in [3.8, 4) is 17.3 Å². The molecule has 1 N–H and O–H groups in total. The van der Waals surface area contributed by atoms with Crippen molar-refractivity contribution in [2.24, 2.45) is 0 Å². The lowest BCUT2D eigenvalue weighted by molar-refractivity contribution is 0.784. The molecule has 3 aromatic rings. The molecule has 0 amide bonds. The number of benzene rings is 2. The van der Waals surface area contributed by atoms with Crippen LogP contribution in [0.1, 0.15) is 11.1 Å². The quantitative estimate of drug-likeness (QED) is 0.737. The van der Waals surface area contributed by atoms with Crippen molar-refractivity contribution < 1.29 is 0 Å². The van der Waals surface area contributed by atoms with Crippen molar-refractivity contribution in [3.05, 3.63) is 76.7 Å². The minimum atomic E-state index is 0.668. The first-order valence-electron chi connectivity index (χ1n) is 6.60. The molecule has 0 aliphatic heterocycles. The predicted octanol–water partition coefficient (Wildman–Crippen LogP) is 4.13. The lowest BCUT2D eigenvalue weighted by atomic mass is 10.1. The third kappa shape index (κ3) is 2.93. The van der Waals surface area contributed by atoms with Gasteiger partial charge in [0.25, 0.3) is 0 Å². The molecule has 1 heterocycles. The molecule has 0 spiro atoms. The fourth-order valence-electron chi connectivity index (χ4n) is 2.20. The molecule has 0 unspecified atom stereocenters. The Labute approximate surface area is 128 Å². The van der Waals surface area contributed by atoms with Crippen LogP contribution in [0.4, 0.5) is 0 Å². The van der Waals surface area contributed by atoms with Crippen molar-refractivity contribution in [1.82, 2.24) is 9.55 Å². The highest BCUT2D eigenvalue weighted by Crippen LogP contribution is 2.17. The minimum Gasteiger partial charge on any atom is -0.331 e. The largest absolute Gasteiger partial charge is 0.331 e. The molecular formula is C17H13N3S. The van der Waals surface area contributed by atoms with Crippen molar-refractivity contribution in [3.63, 3.8) is 0 Å². The average Bonchev–Trinajstić information content (AvgIpc) is 2.90. The van der Waals surface area contributed by atoms with Gasteiger partial charge in [0.05, 0.1) is 17.3 Å². The Balaban J connectivity index is 1.88. The Morgan fingerprint density at radius 3 is 2.43 bits per heavy atom. The van der Waals surface area contributed by atoms with Crippen LogP contribution in [-0.2, 0) is 6.54 Å². The molecular weight excluding hydrogens is 278 g/mol. The third-order valence-electron chi connectivity index (χ3n) is 3.31. The zero-order chi connectivity index (χ0) is 14.7. The fourth-order valence-corrected chi connectivity index (χ4v) is 2.42. The third-order valence-corrected chi connectivity index (χ3v) is 3.64. The van der Waals surface area contributed by atoms with E-state index in [1.807, 2.05) is 65.4 Å². The zero-order valence-corrected chi connectivity index (χ0v) is 12.1. The summed E-state index contributed by atoms with van der Waals surface area (Å²) < 4.78 is 2.69. The Hall–Kier alpha value is -2.64. The molecule has 0 aliphatic carbocycles. The van der Waals surface area contributed by atoms with E-state index in [4.69, 9.17) is 17.5 Å². The molecule has 0 saturated heterocycles. The van der Waals surface area contributed by atoms with Gasteiger partial charge in [-0.3, -0.25) is 0 Å². The molecule has 21 heavy (non-hydrogen) atoms. The number of nitriles is 1. The van der Waals surface area contributed by atoms with Crippen molar-refractivity contribution >= 4 is 12.2 Å². The second-order valence-corrected chi connectivity index (χ2v) is 5.16. The van der Waals surface area contributed by atoms with Crippen molar-refractivity contribution in [1.29, 1.82) is 5.26 Å². The highest BCUT2D eigenvalue weighted by molar-refractivity contribution is 7.71. The first-order valence-corrected chi connectivity index (χ1v) is 7.01. The van der Waals surface area contributed by atoms with E-state index in [1.54, 1.807) is 0 Å². The van der Waals surface area contributed by atoms with Gasteiger partial charge in [-0.2, -0.15) is 5.26 Å². The van der Waals surface area contributed by atoms with Crippen LogP contribution in [0.3, 0.4) is 0 Å². The average molecular weight is 291 g/mol. The van der Waals surface area contributed by atoms with Gasteiger partial charge in [-0.25, -0.2) is 0 Å². The topological polar surface area (TPSA) is 44.5 Å². The lowest BCUT2D eigenvalue weighted by Gasteiger charge is -2.02. The zero-order valence-electron chi connectivity index (χ0n) is 11.3. The Morgan fingerprint density at radius 2 is 1.76 bits per heavy atom. The number of nitrogens with zero attached hydrogens (tertiary/aromatic N) is 2. The molecule has 0 bridgehead atoms. The molecule has 0 fully saturated rings. The summed E-state index contributed by atoms with van der Waals surface area (Å²) in [5, 5.41) is 8.81. The van der Waals surface area contributed by atoms with Gasteiger partial charge in [0, 0.05) is 12.7 Å². The van der Waals surface area contributed by atoms with Gasteiger partial charge in [0.15, 0.2) is 4.77 Å². The van der Waals surface area contributed by atoms with E-state index in [2.05, 4.69) is 11.1 Å². The monoisotopic (exact) mass is 291 g/mol. The van der Waals surface area contributed by atoms with E-state index in [-0.39, 0.29) is 0 Å². The van der Waals surface area contributed by atoms with Gasteiger partial charge < -0.3 is 9.55 Å². The first-order chi connectivity index (χ1) is 10.3. The lowest BCUT2D eigenvalue weighted by Crippen LogP contribution is -1.97. The summed E-state index contributed by atoms with van der Waals surface area (Å²) >= 11 is 5.38. The van der Waals surface area contributed by atoms with Crippen molar-refractivity contribution in [2.75, 3.05) is 0 Å². The number of hydrogen-bond acceptors (Lipinski definition) is 2. The van der Waals surface area contributed by atoms with Gasteiger partial charge in [-0.15, -0.1) is 0 Å². The number of rotatable bonds is 3. The molecule has 0 radical (unpaired) electrons. The molecule has 3 rings (SSSR count). The molecule has 2 aromatic carbocycles. The van der Waals surface area contributed by atoms with E-state index in [0.717, 1.165) is 16.8 Å². The molecule has 4 heteroatoms. The SMILES string of the molecule is N#Cc1ccc(Cn2cc(-c3ccccc3)[nH]c2=S)cc1. The summed E-state index contributed by atoms with van der Waals surface area (Å²) in [7, 11) is 0. The minimum absolute atomic E-state index is 0.668. The fraction of sp³-hybridized carbons (Fsp3) is 0.0588. The second kappa shape index (κ2) is 5.78. The number of nitrogens with one attached hydrogen (secondary N) is 1. The highest BCUT2D eigenvalue weighted by atomic mass is 32.1. The molecule has 0 saturated carbocycles. The maximum absolute atomic E-state index is 8.81. The second-order valence-electron chi connectivity index (χ2n) is 4.78. The predicted molar refractivity (Wildman–Crippen MR) is 85.3 cm³/mol. The first kappa shape index (κ1) is 13.3. The summed E-state index contributed by atoms with van der Waals surface area (Å²) in [6.45, 7) is 0.688. The van der Waals surface area contributed by atoms with E-state index in [1.165, 1.54) is 0 Å². The number of hydrogen-bond donors (Lipinski definition) is 1. The molecule has 3 nitrogen and oxygen atoms in total. The number of aromatic amines is 1. The van der Waals surface area contributed by atoms with Crippen LogP contribution in [0.15, 0.2) is 60.8 Å². The summed E-state index contributed by atoms with van der Waals surface area (Å²) in [5.74, 6) is 0. The maximum atomic E-state index is 8.81. The van der Waals surface area contributed by atoms with Crippen LogP contribution in [0.2, 0.25) is 0 Å². The van der Waals surface area contributed by atoms with Crippen LogP contribution in [-0.4, -0.2) is 9.55 Å². The Kier molecular flexibility index (Phi) is 3.67. The molecule has 1 aromatic heterocycles. The van der Waals surface area contributed by atoms with E-state index in [9.17, 15) is 0 Å². The van der Waals surface area contributed by atoms with Crippen LogP contribution < -0.4 is 0 Å².